The zero-order valence-electron chi connectivity index (χ0n) is 8.60. The van der Waals surface area contributed by atoms with Gasteiger partial charge < -0.3 is 0 Å². The summed E-state index contributed by atoms with van der Waals surface area (Å²) in [7, 11) is 0. The van der Waals surface area contributed by atoms with Gasteiger partial charge in [-0.25, -0.2) is 0 Å². The molecule has 0 atom stereocenters. The van der Waals surface area contributed by atoms with Crippen molar-refractivity contribution in [3.05, 3.63) is 26.4 Å². The van der Waals surface area contributed by atoms with Crippen molar-refractivity contribution in [2.24, 2.45) is 0 Å². The molecule has 0 spiro atoms. The molecule has 1 aromatic heterocycles. The van der Waals surface area contributed by atoms with Crippen LogP contribution in [0.15, 0.2) is 11.0 Å². The molecule has 1 nitrogen and oxygen atoms in total. The molecule has 15 heavy (non-hydrogen) atoms. The summed E-state index contributed by atoms with van der Waals surface area (Å²) in [6.45, 7) is 3.95. The lowest BCUT2D eigenvalue weighted by molar-refractivity contribution is 0.933. The molecule has 0 aliphatic rings. The summed E-state index contributed by atoms with van der Waals surface area (Å²) < 4.78 is 0. The van der Waals surface area contributed by atoms with E-state index in [9.17, 15) is 0 Å². The lowest BCUT2D eigenvalue weighted by atomic mass is 10.1. The fraction of sp³-hybridized carbons (Fsp3) is 0.364. The molecule has 0 amide bonds. The topological polar surface area (TPSA) is 23.8 Å². The van der Waals surface area contributed by atoms with Gasteiger partial charge in [0.15, 0.2) is 0 Å². The van der Waals surface area contributed by atoms with Gasteiger partial charge in [-0.2, -0.15) is 5.26 Å². The molecule has 0 bridgehead atoms. The fourth-order valence-electron chi connectivity index (χ4n) is 1.18. The maximum absolute atomic E-state index is 8.96. The van der Waals surface area contributed by atoms with Crippen LogP contribution in [0.4, 0.5) is 0 Å². The largest absolute Gasteiger partial charge is 0.193 e. The summed E-state index contributed by atoms with van der Waals surface area (Å²) in [5, 5.41) is 12.1. The minimum absolute atomic E-state index is 0.502. The van der Waals surface area contributed by atoms with Gasteiger partial charge in [0.25, 0.3) is 0 Å². The highest BCUT2D eigenvalue weighted by Gasteiger charge is 2.13. The minimum atomic E-state index is 0.502. The molecule has 0 aliphatic heterocycles. The second kappa shape index (κ2) is 5.55. The number of nitrogens with zero attached hydrogens (tertiary/aromatic N) is 1. The highest BCUT2D eigenvalue weighted by molar-refractivity contribution is 7.12. The molecule has 0 saturated carbocycles. The molecule has 0 aromatic carbocycles. The van der Waals surface area contributed by atoms with E-state index in [2.05, 4.69) is 6.07 Å². The van der Waals surface area contributed by atoms with E-state index in [0.29, 0.717) is 22.0 Å². The number of rotatable bonds is 3. The molecular weight excluding hydrogens is 249 g/mol. The summed E-state index contributed by atoms with van der Waals surface area (Å²) in [5.41, 5.74) is 1.62. The lowest BCUT2D eigenvalue weighted by Gasteiger charge is -2.00. The third-order valence-corrected chi connectivity index (χ3v) is 4.24. The quantitative estimate of drug-likeness (QED) is 0.703. The smallest absolute Gasteiger partial charge is 0.0963 e. The van der Waals surface area contributed by atoms with E-state index in [1.165, 1.54) is 11.3 Å². The van der Waals surface area contributed by atoms with Gasteiger partial charge in [0.05, 0.1) is 21.0 Å². The average Bonchev–Trinajstić information content (AvgIpc) is 2.55. The van der Waals surface area contributed by atoms with E-state index in [1.807, 2.05) is 19.2 Å². The van der Waals surface area contributed by atoms with Gasteiger partial charge in [-0.15, -0.1) is 11.3 Å². The van der Waals surface area contributed by atoms with E-state index in [4.69, 9.17) is 28.5 Å². The molecule has 0 radical (unpaired) electrons. The highest BCUT2D eigenvalue weighted by atomic mass is 35.5. The molecule has 1 rings (SSSR count). The molecule has 0 saturated heterocycles. The van der Waals surface area contributed by atoms with Crippen LogP contribution >= 0.6 is 34.5 Å². The third-order valence-electron chi connectivity index (χ3n) is 2.00. The first-order valence-electron chi connectivity index (χ1n) is 4.64. The van der Waals surface area contributed by atoms with Crippen molar-refractivity contribution in [3.8, 4) is 6.07 Å². The molecule has 0 aliphatic carbocycles. The first kappa shape index (κ1) is 12.6. The maximum Gasteiger partial charge on any atom is 0.0963 e. The van der Waals surface area contributed by atoms with Crippen molar-refractivity contribution in [2.75, 3.05) is 0 Å². The Kier molecular flexibility index (Phi) is 4.66. The van der Waals surface area contributed by atoms with Gasteiger partial charge >= 0.3 is 0 Å². The summed E-state index contributed by atoms with van der Waals surface area (Å²) >= 11 is 13.7. The van der Waals surface area contributed by atoms with Crippen LogP contribution in [-0.4, -0.2) is 0 Å². The minimum Gasteiger partial charge on any atom is -0.193 e. The van der Waals surface area contributed by atoms with Crippen molar-refractivity contribution in [1.82, 2.24) is 0 Å². The molecule has 1 heterocycles. The normalized spacial score (nSPS) is 12.2. The summed E-state index contributed by atoms with van der Waals surface area (Å²) in [6, 6.07) is 2.13. The molecule has 0 unspecified atom stereocenters. The van der Waals surface area contributed by atoms with Crippen LogP contribution < -0.4 is 0 Å². The Morgan fingerprint density at radius 2 is 2.27 bits per heavy atom. The SMILES string of the molecule is CCC/C(C#N)=C(/Cl)c1scc(C)c1Cl. The van der Waals surface area contributed by atoms with Crippen LogP contribution in [0.2, 0.25) is 5.02 Å². The highest BCUT2D eigenvalue weighted by Crippen LogP contribution is 2.37. The van der Waals surface area contributed by atoms with Crippen molar-refractivity contribution in [2.45, 2.75) is 26.7 Å². The van der Waals surface area contributed by atoms with E-state index >= 15 is 0 Å². The predicted octanol–water partition coefficient (Wildman–Crippen LogP) is 4.98. The second-order valence-corrected chi connectivity index (χ2v) is 4.85. The van der Waals surface area contributed by atoms with Crippen LogP contribution in [-0.2, 0) is 0 Å². The molecule has 1 aromatic rings. The van der Waals surface area contributed by atoms with E-state index < -0.39 is 0 Å². The number of halogens is 2. The van der Waals surface area contributed by atoms with Gasteiger partial charge in [0, 0.05) is 5.57 Å². The average molecular weight is 260 g/mol. The Balaban J connectivity index is 3.17. The molecule has 4 heteroatoms. The first-order chi connectivity index (χ1) is 7.11. The Bertz CT molecular complexity index is 426. The van der Waals surface area contributed by atoms with Crippen molar-refractivity contribution >= 4 is 39.6 Å². The predicted molar refractivity (Wildman–Crippen MR) is 67.4 cm³/mol. The van der Waals surface area contributed by atoms with Crippen molar-refractivity contribution in [1.29, 1.82) is 5.26 Å². The van der Waals surface area contributed by atoms with E-state index in [0.717, 1.165) is 16.9 Å². The van der Waals surface area contributed by atoms with Crippen molar-refractivity contribution < 1.29 is 0 Å². The van der Waals surface area contributed by atoms with Crippen LogP contribution in [0.25, 0.3) is 5.03 Å². The number of hydrogen-bond acceptors (Lipinski definition) is 2. The third kappa shape index (κ3) is 2.75. The lowest BCUT2D eigenvalue weighted by Crippen LogP contribution is -1.83. The Morgan fingerprint density at radius 3 is 2.67 bits per heavy atom. The van der Waals surface area contributed by atoms with Crippen LogP contribution in [0, 0.1) is 18.3 Å². The Hall–Kier alpha value is -0.490. The molecule has 0 N–H and O–H groups in total. The number of thiophene rings is 1. The van der Waals surface area contributed by atoms with E-state index in [-0.39, 0.29) is 0 Å². The van der Waals surface area contributed by atoms with Crippen molar-refractivity contribution in [3.63, 3.8) is 0 Å². The van der Waals surface area contributed by atoms with Crippen LogP contribution in [0.5, 0.6) is 0 Å². The number of allylic oxidation sites excluding steroid dienone is 1. The molecule has 80 valence electrons. The zero-order chi connectivity index (χ0) is 11.4. The summed E-state index contributed by atoms with van der Waals surface area (Å²) in [6.07, 6.45) is 1.60. The van der Waals surface area contributed by atoms with Gasteiger partial charge in [0.1, 0.15) is 0 Å². The van der Waals surface area contributed by atoms with E-state index in [1.54, 1.807) is 0 Å². The number of aryl methyl sites for hydroxylation is 1. The first-order valence-corrected chi connectivity index (χ1v) is 6.28. The fourth-order valence-corrected chi connectivity index (χ4v) is 2.84. The summed E-state index contributed by atoms with van der Waals surface area (Å²) in [4.78, 5) is 0.806. The summed E-state index contributed by atoms with van der Waals surface area (Å²) in [5.74, 6) is 0. The van der Waals surface area contributed by atoms with Crippen LogP contribution in [0.3, 0.4) is 0 Å². The van der Waals surface area contributed by atoms with Gasteiger partial charge in [-0.1, -0.05) is 36.5 Å². The van der Waals surface area contributed by atoms with Gasteiger partial charge in [-0.05, 0) is 24.3 Å². The number of hydrogen-bond donors (Lipinski definition) is 0. The van der Waals surface area contributed by atoms with Gasteiger partial charge in [-0.3, -0.25) is 0 Å². The second-order valence-electron chi connectivity index (χ2n) is 3.22. The zero-order valence-corrected chi connectivity index (χ0v) is 10.9. The molecular formula is C11H11Cl2NS. The standard InChI is InChI=1S/C11H11Cl2NS/c1-3-4-8(5-14)10(13)11-9(12)7(2)6-15-11/h6H,3-4H2,1-2H3/b10-8-. The Labute approximate surface area is 104 Å². The monoisotopic (exact) mass is 259 g/mol. The van der Waals surface area contributed by atoms with Gasteiger partial charge in [0.2, 0.25) is 0 Å². The maximum atomic E-state index is 8.96. The molecule has 0 fully saturated rings. The van der Waals surface area contributed by atoms with Crippen LogP contribution in [0.1, 0.15) is 30.2 Å². The Morgan fingerprint density at radius 1 is 1.60 bits per heavy atom. The number of nitriles is 1.